The highest BCUT2D eigenvalue weighted by molar-refractivity contribution is 5.97. The molecule has 12 nitrogen and oxygen atoms in total. The molecular weight excluding hydrogens is 596 g/mol. The number of amides is 2. The van der Waals surface area contributed by atoms with Crippen LogP contribution in [0, 0.1) is 18.3 Å². The molecule has 5 heterocycles. The molecule has 246 valence electrons. The summed E-state index contributed by atoms with van der Waals surface area (Å²) in [5.74, 6) is 0.696. The van der Waals surface area contributed by atoms with Gasteiger partial charge in [0.15, 0.2) is 0 Å². The molecule has 7 rings (SSSR count). The number of aryl methyl sites for hydroxylation is 1. The lowest BCUT2D eigenvalue weighted by Gasteiger charge is -2.42. The molecule has 12 heteroatoms. The van der Waals surface area contributed by atoms with Crippen molar-refractivity contribution in [1.29, 1.82) is 5.26 Å². The number of rotatable bonds is 7. The molecule has 2 amide bonds. The zero-order chi connectivity index (χ0) is 32.7. The second kappa shape index (κ2) is 12.9. The number of carbonyl (C=O) groups excluding carboxylic acids is 2. The van der Waals surface area contributed by atoms with Gasteiger partial charge in [0.2, 0.25) is 5.91 Å². The van der Waals surface area contributed by atoms with E-state index in [-0.39, 0.29) is 18.4 Å². The first kappa shape index (κ1) is 31.0. The van der Waals surface area contributed by atoms with Gasteiger partial charge in [-0.2, -0.15) is 15.2 Å². The van der Waals surface area contributed by atoms with Crippen molar-refractivity contribution in [2.75, 3.05) is 69.8 Å². The largest absolute Gasteiger partial charge is 0.462 e. The molecule has 3 atom stereocenters. The van der Waals surface area contributed by atoms with Crippen LogP contribution in [-0.4, -0.2) is 115 Å². The Balaban J connectivity index is 1.18. The van der Waals surface area contributed by atoms with E-state index in [0.717, 1.165) is 49.4 Å². The maximum atomic E-state index is 13.4. The molecule has 3 aromatic rings. The smallest absolute Gasteiger partial charge is 0.410 e. The fraction of sp³-hybridized carbons (Fsp3) is 0.514. The van der Waals surface area contributed by atoms with Crippen LogP contribution in [0.1, 0.15) is 36.1 Å². The molecule has 2 aromatic carbocycles. The Morgan fingerprint density at radius 2 is 1.83 bits per heavy atom. The van der Waals surface area contributed by atoms with Gasteiger partial charge in [0.1, 0.15) is 18.5 Å². The van der Waals surface area contributed by atoms with Gasteiger partial charge >= 0.3 is 12.1 Å². The van der Waals surface area contributed by atoms with E-state index in [2.05, 4.69) is 71.1 Å². The molecule has 0 spiro atoms. The van der Waals surface area contributed by atoms with E-state index in [1.54, 1.807) is 4.90 Å². The number of carbonyl (C=O) groups is 2. The molecule has 3 fully saturated rings. The lowest BCUT2D eigenvalue weighted by Crippen LogP contribution is -2.57. The number of anilines is 2. The highest BCUT2D eigenvalue weighted by Crippen LogP contribution is 2.36. The summed E-state index contributed by atoms with van der Waals surface area (Å²) >= 11 is 0. The van der Waals surface area contributed by atoms with Gasteiger partial charge < -0.3 is 29.1 Å². The number of methoxy groups -OCH3 is 1. The monoisotopic (exact) mass is 638 g/mol. The summed E-state index contributed by atoms with van der Waals surface area (Å²) < 4.78 is 11.1. The number of hydrogen-bond donors (Lipinski definition) is 0. The minimum atomic E-state index is -0.528. The maximum Gasteiger partial charge on any atom is 0.410 e. The minimum absolute atomic E-state index is 0.134. The maximum absolute atomic E-state index is 13.4. The lowest BCUT2D eigenvalue weighted by atomic mass is 9.99. The molecule has 1 unspecified atom stereocenters. The van der Waals surface area contributed by atoms with Crippen molar-refractivity contribution < 1.29 is 19.1 Å². The molecule has 47 heavy (non-hydrogen) atoms. The third-order valence-electron chi connectivity index (χ3n) is 10.2. The number of ether oxygens (including phenoxy) is 2. The fourth-order valence-electron chi connectivity index (χ4n) is 7.53. The molecular formula is C35H42N8O4. The zero-order valence-electron chi connectivity index (χ0n) is 27.4. The van der Waals surface area contributed by atoms with E-state index in [4.69, 9.17) is 19.4 Å². The molecule has 0 radical (unpaired) electrons. The quantitative estimate of drug-likeness (QED) is 0.357. The predicted octanol–water partition coefficient (Wildman–Crippen LogP) is 3.36. The van der Waals surface area contributed by atoms with Gasteiger partial charge in [0.25, 0.3) is 0 Å². The van der Waals surface area contributed by atoms with Gasteiger partial charge in [-0.25, -0.2) is 4.79 Å². The van der Waals surface area contributed by atoms with E-state index in [1.165, 1.54) is 34.0 Å². The molecule has 4 aliphatic heterocycles. The molecule has 1 aromatic heterocycles. The average Bonchev–Trinajstić information content (AvgIpc) is 3.79. The van der Waals surface area contributed by atoms with E-state index in [1.807, 2.05) is 0 Å². The normalized spacial score (nSPS) is 22.6. The summed E-state index contributed by atoms with van der Waals surface area (Å²) in [6.07, 6.45) is 2.68. The van der Waals surface area contributed by atoms with Crippen LogP contribution in [0.25, 0.3) is 10.8 Å². The van der Waals surface area contributed by atoms with Crippen molar-refractivity contribution in [3.05, 3.63) is 53.2 Å². The third-order valence-corrected chi connectivity index (χ3v) is 10.2. The SMILES string of the molecule is COC(=O)N1CC1C(=O)N1CCN(c2nc(OC[C@@H]3CCCN3C)nc3c2CCN(c2cccc4cccc(C)c24)C3)C[C@@H]1CC#N. The molecule has 4 aliphatic rings. The fourth-order valence-corrected chi connectivity index (χ4v) is 7.53. The van der Waals surface area contributed by atoms with Crippen LogP contribution >= 0.6 is 0 Å². The lowest BCUT2D eigenvalue weighted by molar-refractivity contribution is -0.134. The van der Waals surface area contributed by atoms with Crippen molar-refractivity contribution in [3.8, 4) is 12.1 Å². The second-order valence-corrected chi connectivity index (χ2v) is 13.1. The Morgan fingerprint density at radius 1 is 1.00 bits per heavy atom. The number of likely N-dealkylation sites (N-methyl/N-ethyl adjacent to an activating group) is 1. The first-order valence-corrected chi connectivity index (χ1v) is 16.6. The van der Waals surface area contributed by atoms with E-state index in [0.29, 0.717) is 51.4 Å². The van der Waals surface area contributed by atoms with Crippen LogP contribution in [0.4, 0.5) is 16.3 Å². The van der Waals surface area contributed by atoms with Crippen molar-refractivity contribution in [3.63, 3.8) is 0 Å². The molecule has 0 aliphatic carbocycles. The Morgan fingerprint density at radius 3 is 2.60 bits per heavy atom. The number of nitrogens with zero attached hydrogens (tertiary/aromatic N) is 8. The van der Waals surface area contributed by atoms with Gasteiger partial charge in [-0.05, 0) is 56.8 Å². The van der Waals surface area contributed by atoms with Gasteiger partial charge in [0, 0.05) is 48.9 Å². The van der Waals surface area contributed by atoms with Gasteiger partial charge in [-0.1, -0.05) is 30.3 Å². The highest BCUT2D eigenvalue weighted by Gasteiger charge is 2.49. The van der Waals surface area contributed by atoms with Crippen molar-refractivity contribution in [2.45, 2.75) is 57.3 Å². The van der Waals surface area contributed by atoms with Gasteiger partial charge in [-0.15, -0.1) is 0 Å². The number of hydrogen-bond acceptors (Lipinski definition) is 10. The van der Waals surface area contributed by atoms with Crippen LogP contribution in [0.15, 0.2) is 36.4 Å². The molecule has 3 saturated heterocycles. The molecule has 0 N–H and O–H groups in total. The summed E-state index contributed by atoms with van der Waals surface area (Å²) in [6.45, 7) is 6.98. The van der Waals surface area contributed by atoms with Crippen molar-refractivity contribution in [1.82, 2.24) is 24.7 Å². The van der Waals surface area contributed by atoms with Crippen LogP contribution in [0.5, 0.6) is 6.01 Å². The van der Waals surface area contributed by atoms with Crippen molar-refractivity contribution in [2.24, 2.45) is 0 Å². The Hall–Kier alpha value is -4.63. The first-order valence-electron chi connectivity index (χ1n) is 16.6. The Bertz CT molecular complexity index is 1720. The Labute approximate surface area is 275 Å². The summed E-state index contributed by atoms with van der Waals surface area (Å²) in [4.78, 5) is 45.5. The number of piperazine rings is 1. The number of benzene rings is 2. The average molecular weight is 639 g/mol. The Kier molecular flexibility index (Phi) is 8.49. The molecule has 0 bridgehead atoms. The number of nitriles is 1. The van der Waals surface area contributed by atoms with Crippen LogP contribution in [0.2, 0.25) is 0 Å². The summed E-state index contributed by atoms with van der Waals surface area (Å²) in [5, 5.41) is 12.2. The summed E-state index contributed by atoms with van der Waals surface area (Å²) in [7, 11) is 3.44. The van der Waals surface area contributed by atoms with Crippen molar-refractivity contribution >= 4 is 34.3 Å². The standard InChI is InChI=1S/C35H42N8O4/c1-23-7-4-8-24-9-5-11-29(31(23)24)40-16-13-27-28(20-40)37-34(47-22-26-10-6-15-39(26)2)38-32(27)41-17-18-42(25(19-41)12-14-36)33(44)30-21-43(30)35(45)46-3/h4-5,7-9,11,25-26,30H,6,10,12-13,15-22H2,1-3H3/t25-,26-,30?,43?/m0/s1. The minimum Gasteiger partial charge on any atom is -0.462 e. The van der Waals surface area contributed by atoms with E-state index < -0.39 is 12.1 Å². The van der Waals surface area contributed by atoms with E-state index >= 15 is 0 Å². The number of likely N-dealkylation sites (tertiary alicyclic amines) is 1. The first-order chi connectivity index (χ1) is 22.9. The van der Waals surface area contributed by atoms with E-state index in [9.17, 15) is 14.9 Å². The van der Waals surface area contributed by atoms with Gasteiger partial charge in [-0.3, -0.25) is 9.69 Å². The van der Waals surface area contributed by atoms with Crippen LogP contribution < -0.4 is 14.5 Å². The summed E-state index contributed by atoms with van der Waals surface area (Å²) in [5.41, 5.74) is 4.49. The van der Waals surface area contributed by atoms with Crippen LogP contribution in [-0.2, 0) is 22.5 Å². The van der Waals surface area contributed by atoms with Gasteiger partial charge in [0.05, 0.1) is 44.4 Å². The second-order valence-electron chi connectivity index (χ2n) is 13.1. The highest BCUT2D eigenvalue weighted by atomic mass is 16.5. The zero-order valence-corrected chi connectivity index (χ0v) is 27.4. The predicted molar refractivity (Wildman–Crippen MR) is 177 cm³/mol. The third kappa shape index (κ3) is 6.00. The number of aromatic nitrogens is 2. The van der Waals surface area contributed by atoms with Crippen LogP contribution in [0.3, 0.4) is 0 Å². The topological polar surface area (TPSA) is 118 Å². The summed E-state index contributed by atoms with van der Waals surface area (Å²) in [6, 6.07) is 15.0. The number of fused-ring (bicyclic) bond motifs is 2. The molecule has 0 saturated carbocycles.